The minimum Gasteiger partial charge on any atom is -0.504 e. The van der Waals surface area contributed by atoms with Crippen LogP contribution in [0.5, 0.6) is 11.5 Å². The molecule has 0 saturated carbocycles. The number of rotatable bonds is 17. The van der Waals surface area contributed by atoms with Gasteiger partial charge in [-0.05, 0) is 73.9 Å². The van der Waals surface area contributed by atoms with Crippen LogP contribution in [-0.4, -0.2) is 16.8 Å². The summed E-state index contributed by atoms with van der Waals surface area (Å²) >= 11 is 0. The van der Waals surface area contributed by atoms with Gasteiger partial charge in [-0.2, -0.15) is 0 Å². The maximum absolute atomic E-state index is 13.5. The van der Waals surface area contributed by atoms with Gasteiger partial charge in [0.15, 0.2) is 11.5 Å². The van der Waals surface area contributed by atoms with Gasteiger partial charge in [0, 0.05) is 5.56 Å². The Morgan fingerprint density at radius 1 is 0.905 bits per heavy atom. The van der Waals surface area contributed by atoms with Gasteiger partial charge >= 0.3 is 0 Å². The number of hydrogen-bond donors (Lipinski definition) is 2. The van der Waals surface area contributed by atoms with Crippen molar-refractivity contribution in [1.29, 1.82) is 0 Å². The Labute approximate surface area is 250 Å². The van der Waals surface area contributed by atoms with Gasteiger partial charge in [0.05, 0.1) is 18.8 Å². The first-order chi connectivity index (χ1) is 20.1. The number of phenols is 2. The van der Waals surface area contributed by atoms with E-state index in [9.17, 15) is 19.4 Å². The average molecular weight is 581 g/mol. The molecule has 42 heavy (non-hydrogen) atoms. The molecule has 0 radical (unpaired) electrons. The Morgan fingerprint density at radius 3 is 2.17 bits per heavy atom. The number of hydrogen-bond acceptors (Lipinski definition) is 5. The lowest BCUT2D eigenvalue weighted by molar-refractivity contribution is 0.147. The molecule has 0 unspecified atom stereocenters. The van der Waals surface area contributed by atoms with E-state index in [1.54, 1.807) is 0 Å². The molecule has 0 spiro atoms. The Morgan fingerprint density at radius 2 is 1.52 bits per heavy atom. The van der Waals surface area contributed by atoms with Crippen molar-refractivity contribution < 1.29 is 23.8 Å². The fraction of sp³-hybridized carbons (Fsp3) is 0.528. The average Bonchev–Trinajstić information content (AvgIpc) is 2.94. The van der Waals surface area contributed by atoms with Gasteiger partial charge in [-0.1, -0.05) is 84.3 Å². The highest BCUT2D eigenvalue weighted by Crippen LogP contribution is 2.35. The summed E-state index contributed by atoms with van der Waals surface area (Å²) in [6.45, 7) is 11.7. The van der Waals surface area contributed by atoms with Crippen LogP contribution in [0, 0.1) is 23.6 Å². The number of allylic oxidation sites excluding steroid dienone is 1. The van der Waals surface area contributed by atoms with Crippen molar-refractivity contribution in [3.8, 4) is 22.8 Å². The van der Waals surface area contributed by atoms with Crippen LogP contribution >= 0.6 is 0 Å². The fourth-order valence-corrected chi connectivity index (χ4v) is 5.43. The van der Waals surface area contributed by atoms with E-state index in [1.807, 2.05) is 6.08 Å². The summed E-state index contributed by atoms with van der Waals surface area (Å²) in [6.07, 6.45) is 13.4. The third kappa shape index (κ3) is 10.0. The molecule has 2 atom stereocenters. The van der Waals surface area contributed by atoms with E-state index in [2.05, 4.69) is 34.6 Å². The smallest absolute Gasteiger partial charge is 0.202 e. The molecular formula is C36H49FO5. The quantitative estimate of drug-likeness (QED) is 0.0943. The van der Waals surface area contributed by atoms with E-state index >= 15 is 0 Å². The van der Waals surface area contributed by atoms with Crippen LogP contribution in [0.1, 0.15) is 98.0 Å². The maximum Gasteiger partial charge on any atom is 0.202 e. The Bertz CT molecular complexity index is 1360. The van der Waals surface area contributed by atoms with Crippen molar-refractivity contribution in [3.63, 3.8) is 0 Å². The number of benzene rings is 2. The van der Waals surface area contributed by atoms with Gasteiger partial charge in [0.1, 0.15) is 22.5 Å². The van der Waals surface area contributed by atoms with E-state index in [0.29, 0.717) is 12.2 Å². The Kier molecular flexibility index (Phi) is 13.1. The van der Waals surface area contributed by atoms with E-state index < -0.39 is 22.7 Å². The summed E-state index contributed by atoms with van der Waals surface area (Å²) < 4.78 is 25.4. The van der Waals surface area contributed by atoms with Crippen molar-refractivity contribution in [3.05, 3.63) is 69.7 Å². The van der Waals surface area contributed by atoms with E-state index in [-0.39, 0.29) is 28.9 Å². The molecule has 1 aromatic heterocycles. The summed E-state index contributed by atoms with van der Waals surface area (Å²) in [4.78, 5) is 13.4. The van der Waals surface area contributed by atoms with Crippen molar-refractivity contribution >= 4 is 11.0 Å². The predicted octanol–water partition coefficient (Wildman–Crippen LogP) is 9.91. The van der Waals surface area contributed by atoms with Crippen molar-refractivity contribution in [2.24, 2.45) is 17.8 Å². The molecule has 2 aromatic carbocycles. The summed E-state index contributed by atoms with van der Waals surface area (Å²) in [5.41, 5.74) is 1.59. The number of halogens is 1. The van der Waals surface area contributed by atoms with Gasteiger partial charge in [0.2, 0.25) is 5.43 Å². The van der Waals surface area contributed by atoms with E-state index in [1.165, 1.54) is 86.9 Å². The van der Waals surface area contributed by atoms with Crippen molar-refractivity contribution in [1.82, 2.24) is 0 Å². The number of aromatic hydroxyl groups is 2. The predicted molar refractivity (Wildman–Crippen MR) is 169 cm³/mol. The monoisotopic (exact) mass is 580 g/mol. The van der Waals surface area contributed by atoms with Gasteiger partial charge in [-0.3, -0.25) is 4.79 Å². The third-order valence-electron chi connectivity index (χ3n) is 8.15. The molecule has 5 nitrogen and oxygen atoms in total. The Hall–Kier alpha value is -3.12. The molecule has 0 aliphatic heterocycles. The molecule has 0 aliphatic rings. The lowest BCUT2D eigenvalue weighted by Crippen LogP contribution is -2.13. The van der Waals surface area contributed by atoms with Crippen LogP contribution in [0.4, 0.5) is 4.39 Å². The number of ether oxygens (including phenoxy) is 1. The Balaban J connectivity index is 1.51. The SMILES string of the molecule is C/C(=C\COCc1c(-c2ccc(F)cc2)oc2ccc(O)c(O)c2c1=O)CCC[C@H](C)CCC[C@H](C)CCCC(C)C. The molecule has 0 bridgehead atoms. The second-order valence-corrected chi connectivity index (χ2v) is 12.5. The minimum absolute atomic E-state index is 0.0587. The molecule has 1 heterocycles. The lowest BCUT2D eigenvalue weighted by atomic mass is 9.91. The minimum atomic E-state index is -0.533. The van der Waals surface area contributed by atoms with E-state index in [0.717, 1.165) is 30.6 Å². The summed E-state index contributed by atoms with van der Waals surface area (Å²) in [7, 11) is 0. The summed E-state index contributed by atoms with van der Waals surface area (Å²) in [5.74, 6) is 1.26. The standard InChI is InChI=1S/C36H49FO5/c1-24(2)9-6-10-25(3)11-7-12-26(4)13-8-14-27(5)21-22-41-23-30-34(39)33-32(20-19-31(38)35(33)40)42-36(30)28-15-17-29(37)18-16-28/h15-21,24-26,38,40H,6-14,22-23H2,1-5H3/b27-21+/t25-,26-/m1/s1. The molecular weight excluding hydrogens is 531 g/mol. The van der Waals surface area contributed by atoms with E-state index in [4.69, 9.17) is 9.15 Å². The van der Waals surface area contributed by atoms with Crippen LogP contribution in [0.3, 0.4) is 0 Å². The van der Waals surface area contributed by atoms with Crippen LogP contribution < -0.4 is 5.43 Å². The molecule has 2 N–H and O–H groups in total. The molecule has 6 heteroatoms. The first-order valence-electron chi connectivity index (χ1n) is 15.6. The van der Waals surface area contributed by atoms with Gasteiger partial charge in [0.25, 0.3) is 0 Å². The van der Waals surface area contributed by atoms with Crippen LogP contribution in [0.15, 0.2) is 57.3 Å². The molecule has 0 saturated heterocycles. The first kappa shape index (κ1) is 33.4. The fourth-order valence-electron chi connectivity index (χ4n) is 5.43. The van der Waals surface area contributed by atoms with Crippen molar-refractivity contribution in [2.45, 2.75) is 99.0 Å². The zero-order chi connectivity index (χ0) is 30.6. The molecule has 230 valence electrons. The molecule has 0 amide bonds. The van der Waals surface area contributed by atoms with Gasteiger partial charge in [-0.25, -0.2) is 4.39 Å². The van der Waals surface area contributed by atoms with Crippen molar-refractivity contribution in [2.75, 3.05) is 6.61 Å². The third-order valence-corrected chi connectivity index (χ3v) is 8.15. The first-order valence-corrected chi connectivity index (χ1v) is 15.6. The highest BCUT2D eigenvalue weighted by Gasteiger charge is 2.20. The molecule has 3 aromatic rings. The largest absolute Gasteiger partial charge is 0.504 e. The summed E-state index contributed by atoms with van der Waals surface area (Å²) in [5, 5.41) is 20.2. The molecule has 0 fully saturated rings. The zero-order valence-corrected chi connectivity index (χ0v) is 26.0. The summed E-state index contributed by atoms with van der Waals surface area (Å²) in [6, 6.07) is 8.33. The molecule has 0 aliphatic carbocycles. The van der Waals surface area contributed by atoms with Gasteiger partial charge < -0.3 is 19.4 Å². The highest BCUT2D eigenvalue weighted by molar-refractivity contribution is 5.88. The van der Waals surface area contributed by atoms with Gasteiger partial charge in [-0.15, -0.1) is 0 Å². The lowest BCUT2D eigenvalue weighted by Gasteiger charge is -2.15. The van der Waals surface area contributed by atoms with Crippen LogP contribution in [0.2, 0.25) is 0 Å². The molecule has 3 rings (SSSR count). The van der Waals surface area contributed by atoms with Crippen LogP contribution in [0.25, 0.3) is 22.3 Å². The normalized spacial score (nSPS) is 13.6. The second-order valence-electron chi connectivity index (χ2n) is 12.5. The topological polar surface area (TPSA) is 79.9 Å². The maximum atomic E-state index is 13.5. The zero-order valence-electron chi connectivity index (χ0n) is 26.0. The number of phenolic OH excluding ortho intramolecular Hbond substituents is 2. The second kappa shape index (κ2) is 16.5. The van der Waals surface area contributed by atoms with Crippen LogP contribution in [-0.2, 0) is 11.3 Å². The highest BCUT2D eigenvalue weighted by atomic mass is 19.1. The number of fused-ring (bicyclic) bond motifs is 1.